The predicted molar refractivity (Wildman–Crippen MR) is 485 cm³/mol. The maximum absolute atomic E-state index is 5.15. The highest BCUT2D eigenvalue weighted by atomic mass is 32.1. The Morgan fingerprint density at radius 3 is 0.876 bits per heavy atom. The SMILES string of the molecule is c1ccc(-c2cccc(-c3ccc(-c4nc(-c5ccccc5)c5c(n4)sc4ccccc45)cc3)c2)cc1.c1ccc(-c2nc(-c3ccc(-c4cccc5c4sc4ccccc45)cc3)nc3sc4ccccc4c23)cc1.c1ccc(-c2nc(-c3ccc(-c4cccc5sc6ccccc6c45)cc3)nc3sc4ccccc4c23)cc1. The molecule has 0 bridgehead atoms. The average Bonchev–Trinajstić information content (AvgIpc) is 1.66. The van der Waals surface area contributed by atoms with Gasteiger partial charge in [0.05, 0.1) is 17.1 Å². The number of benzene rings is 15. The van der Waals surface area contributed by atoms with Gasteiger partial charge in [0.15, 0.2) is 17.5 Å². The monoisotopic (exact) mass is 1530 g/mol. The summed E-state index contributed by atoms with van der Waals surface area (Å²) in [6, 6.07) is 133. The Labute approximate surface area is 670 Å². The van der Waals surface area contributed by atoms with Crippen molar-refractivity contribution in [3.63, 3.8) is 0 Å². The Morgan fingerprint density at radius 2 is 0.442 bits per heavy atom. The first-order chi connectivity index (χ1) is 56.0. The Bertz CT molecular complexity index is 7510. The predicted octanol–water partition coefficient (Wildman–Crippen LogP) is 29.9. The van der Waals surface area contributed by atoms with E-state index in [0.29, 0.717) is 0 Å². The minimum absolute atomic E-state index is 0.752. The Balaban J connectivity index is 0.000000107. The van der Waals surface area contributed by atoms with E-state index in [0.717, 1.165) is 98.6 Å². The first kappa shape index (κ1) is 67.7. The van der Waals surface area contributed by atoms with Gasteiger partial charge in [0.2, 0.25) is 0 Å². The number of nitrogens with zero attached hydrogens (tertiary/aromatic N) is 6. The van der Waals surface area contributed by atoms with Crippen molar-refractivity contribution in [3.05, 3.63) is 376 Å². The van der Waals surface area contributed by atoms with E-state index >= 15 is 0 Å². The van der Waals surface area contributed by atoms with E-state index in [1.165, 1.54) is 115 Å². The van der Waals surface area contributed by atoms with Crippen molar-refractivity contribution in [2.75, 3.05) is 0 Å². The lowest BCUT2D eigenvalue weighted by Crippen LogP contribution is -1.93. The maximum atomic E-state index is 5.15. The van der Waals surface area contributed by atoms with E-state index in [1.54, 1.807) is 34.0 Å². The van der Waals surface area contributed by atoms with Gasteiger partial charge in [-0.25, -0.2) is 29.9 Å². The van der Waals surface area contributed by atoms with E-state index < -0.39 is 0 Å². The molecule has 0 N–H and O–H groups in total. The highest BCUT2D eigenvalue weighted by Gasteiger charge is 2.22. The molecule has 6 nitrogen and oxygen atoms in total. The Kier molecular flexibility index (Phi) is 17.5. The molecule has 0 saturated carbocycles. The second-order valence-corrected chi connectivity index (χ2v) is 33.1. The van der Waals surface area contributed by atoms with Crippen LogP contribution in [0, 0.1) is 0 Å². The van der Waals surface area contributed by atoms with Crippen LogP contribution in [0.5, 0.6) is 0 Å². The molecule has 0 spiro atoms. The highest BCUT2D eigenvalue weighted by Crippen LogP contribution is 2.47. The molecule has 23 aromatic rings. The van der Waals surface area contributed by atoms with Gasteiger partial charge in [0.25, 0.3) is 0 Å². The second-order valence-electron chi connectivity index (χ2n) is 27.9. The lowest BCUT2D eigenvalue weighted by Gasteiger charge is -2.09. The topological polar surface area (TPSA) is 77.3 Å². The van der Waals surface area contributed by atoms with Gasteiger partial charge in [-0.1, -0.05) is 334 Å². The van der Waals surface area contributed by atoms with E-state index in [1.807, 2.05) is 46.9 Å². The first-order valence-corrected chi connectivity index (χ1v) is 41.6. The number of fused-ring (bicyclic) bond motifs is 15. The standard InChI is InChI=1S/2C34H20N2S2.C34H22N2S/c1-2-9-22(10-3-1)31-30-27-12-5-7-16-29(27)38-34(30)36-33(35-31)23-19-17-21(18-20-23)24-13-8-14-26-25-11-4-6-15-28(25)37-32(24)26;1-2-9-22(10-3-1)32-31-26-12-5-7-15-28(26)38-34(31)36-33(35-32)23-19-17-21(18-20-23)24-13-8-16-29-30(24)25-11-4-6-14-27(25)37-29;1-3-10-23(11-4-1)27-14-9-15-28(22-27)24-18-20-26(21-19-24)33-35-32(25-12-5-2-6-13-25)31-29-16-7-8-17-30(29)37-34(31)36-33/h2*1-20H;1-22H. The highest BCUT2D eigenvalue weighted by molar-refractivity contribution is 7.27. The molecule has 0 unspecified atom stereocenters. The smallest absolute Gasteiger partial charge is 0.161 e. The molecule has 0 atom stereocenters. The minimum atomic E-state index is 0.752. The van der Waals surface area contributed by atoms with Crippen molar-refractivity contribution in [2.45, 2.75) is 0 Å². The fraction of sp³-hybridized carbons (Fsp3) is 0. The van der Waals surface area contributed by atoms with Gasteiger partial charge in [0, 0.05) is 120 Å². The van der Waals surface area contributed by atoms with Gasteiger partial charge in [-0.2, -0.15) is 0 Å². The van der Waals surface area contributed by atoms with Gasteiger partial charge in [-0.3, -0.25) is 0 Å². The molecule has 113 heavy (non-hydrogen) atoms. The van der Waals surface area contributed by atoms with Crippen LogP contribution in [0.4, 0.5) is 0 Å². The summed E-state index contributed by atoms with van der Waals surface area (Å²) in [5.74, 6) is 2.27. The zero-order valence-electron chi connectivity index (χ0n) is 60.5. The van der Waals surface area contributed by atoms with Crippen LogP contribution >= 0.6 is 56.7 Å². The number of thiophene rings is 5. The molecule has 0 aliphatic carbocycles. The van der Waals surface area contributed by atoms with Crippen molar-refractivity contribution in [3.8, 4) is 112 Å². The summed E-state index contributed by atoms with van der Waals surface area (Å²) in [5, 5.41) is 12.3. The number of rotatable bonds is 10. The van der Waals surface area contributed by atoms with E-state index in [9.17, 15) is 0 Å². The number of aromatic nitrogens is 6. The van der Waals surface area contributed by atoms with Crippen LogP contribution in [-0.4, -0.2) is 29.9 Å². The Morgan fingerprint density at radius 1 is 0.159 bits per heavy atom. The first-order valence-electron chi connectivity index (χ1n) is 37.5. The molecule has 0 aliphatic rings. The fourth-order valence-electron chi connectivity index (χ4n) is 15.6. The summed E-state index contributed by atoms with van der Waals surface area (Å²) in [4.78, 5) is 33.6. The largest absolute Gasteiger partial charge is 0.227 e. The summed E-state index contributed by atoms with van der Waals surface area (Å²) < 4.78 is 9.00. The summed E-state index contributed by atoms with van der Waals surface area (Å²) in [7, 11) is 0. The molecule has 15 aromatic carbocycles. The lowest BCUT2D eigenvalue weighted by molar-refractivity contribution is 1.24. The van der Waals surface area contributed by atoms with Crippen LogP contribution < -0.4 is 0 Å². The molecule has 0 fully saturated rings. The normalized spacial score (nSPS) is 11.5. The summed E-state index contributed by atoms with van der Waals surface area (Å²) >= 11 is 8.91. The zero-order chi connectivity index (χ0) is 74.7. The van der Waals surface area contributed by atoms with Crippen molar-refractivity contribution < 1.29 is 0 Å². The van der Waals surface area contributed by atoms with Crippen LogP contribution in [0.25, 0.3) is 214 Å². The van der Waals surface area contributed by atoms with Gasteiger partial charge in [0.1, 0.15) is 14.5 Å². The lowest BCUT2D eigenvalue weighted by atomic mass is 9.98. The number of hydrogen-bond donors (Lipinski definition) is 0. The van der Waals surface area contributed by atoms with Crippen LogP contribution in [0.3, 0.4) is 0 Å². The van der Waals surface area contributed by atoms with Crippen LogP contribution in [0.15, 0.2) is 376 Å². The van der Waals surface area contributed by atoms with Gasteiger partial charge in [-0.05, 0) is 87.0 Å². The van der Waals surface area contributed by atoms with Crippen LogP contribution in [-0.2, 0) is 0 Å². The molecule has 23 rings (SSSR count). The van der Waals surface area contributed by atoms with Gasteiger partial charge in [-0.15, -0.1) is 56.7 Å². The molecule has 8 aromatic heterocycles. The van der Waals surface area contributed by atoms with Crippen molar-refractivity contribution in [1.82, 2.24) is 29.9 Å². The van der Waals surface area contributed by atoms with Crippen molar-refractivity contribution in [1.29, 1.82) is 0 Å². The van der Waals surface area contributed by atoms with Gasteiger partial charge < -0.3 is 0 Å². The molecular formula is C102H62N6S5. The molecule has 11 heteroatoms. The van der Waals surface area contributed by atoms with Gasteiger partial charge >= 0.3 is 0 Å². The fourth-order valence-corrected chi connectivity index (χ4v) is 21.2. The summed E-state index contributed by atoms with van der Waals surface area (Å²) in [6.45, 7) is 0. The summed E-state index contributed by atoms with van der Waals surface area (Å²) in [6.07, 6.45) is 0. The van der Waals surface area contributed by atoms with Crippen molar-refractivity contribution >= 4 is 158 Å². The van der Waals surface area contributed by atoms with E-state index in [-0.39, 0.29) is 0 Å². The zero-order valence-corrected chi connectivity index (χ0v) is 64.6. The molecule has 0 amide bonds. The molecule has 530 valence electrons. The van der Waals surface area contributed by atoms with E-state index in [4.69, 9.17) is 29.9 Å². The minimum Gasteiger partial charge on any atom is -0.227 e. The molecule has 0 saturated heterocycles. The third kappa shape index (κ3) is 12.7. The quantitative estimate of drug-likeness (QED) is 0.136. The Hall–Kier alpha value is -13.4. The third-order valence-corrected chi connectivity index (χ3v) is 26.6. The number of hydrogen-bond acceptors (Lipinski definition) is 11. The molecular weight excluding hydrogens is 1470 g/mol. The van der Waals surface area contributed by atoms with Crippen molar-refractivity contribution in [2.24, 2.45) is 0 Å². The average molecular weight is 1530 g/mol. The van der Waals surface area contributed by atoms with Crippen LogP contribution in [0.1, 0.15) is 0 Å². The maximum Gasteiger partial charge on any atom is 0.161 e. The second kappa shape index (κ2) is 29.1. The van der Waals surface area contributed by atoms with Crippen LogP contribution in [0.2, 0.25) is 0 Å². The third-order valence-electron chi connectivity index (χ3n) is 21.0. The summed E-state index contributed by atoms with van der Waals surface area (Å²) in [5.41, 5.74) is 19.1. The van der Waals surface area contributed by atoms with E-state index in [2.05, 4.69) is 352 Å². The molecule has 0 radical (unpaired) electrons. The molecule has 0 aliphatic heterocycles. The molecule has 8 heterocycles.